The molecule has 0 unspecified atom stereocenters. The van der Waals surface area contributed by atoms with Crippen LogP contribution in [0.1, 0.15) is 11.1 Å². The zero-order valence-corrected chi connectivity index (χ0v) is 19.5. The molecule has 1 heterocycles. The number of amides is 4. The molecular weight excluding hydrogens is 543 g/mol. The van der Waals surface area contributed by atoms with Crippen molar-refractivity contribution in [1.29, 1.82) is 0 Å². The molecule has 6 nitrogen and oxygen atoms in total. The third kappa shape index (κ3) is 5.00. The molecule has 3 aromatic carbocycles. The number of hydrogen-bond donors (Lipinski definition) is 1. The lowest BCUT2D eigenvalue weighted by Crippen LogP contribution is -2.54. The first-order valence-corrected chi connectivity index (χ1v) is 11.0. The van der Waals surface area contributed by atoms with Crippen LogP contribution in [0, 0.1) is 3.57 Å². The third-order valence-corrected chi connectivity index (χ3v) is 5.67. The van der Waals surface area contributed by atoms with Crippen LogP contribution in [0.2, 0.25) is 5.02 Å². The topological polar surface area (TPSA) is 75.7 Å². The van der Waals surface area contributed by atoms with Crippen molar-refractivity contribution in [3.8, 4) is 5.75 Å². The molecule has 1 aliphatic heterocycles. The zero-order chi connectivity index (χ0) is 22.7. The molecule has 160 valence electrons. The van der Waals surface area contributed by atoms with E-state index in [9.17, 15) is 14.4 Å². The summed E-state index contributed by atoms with van der Waals surface area (Å²) in [6, 6.07) is 20.4. The molecule has 8 heteroatoms. The highest BCUT2D eigenvalue weighted by Crippen LogP contribution is 2.24. The van der Waals surface area contributed by atoms with Crippen LogP contribution in [0.4, 0.5) is 10.5 Å². The molecular formula is C24H16ClIN2O4. The minimum Gasteiger partial charge on any atom is -0.489 e. The first kappa shape index (κ1) is 22.0. The van der Waals surface area contributed by atoms with Crippen molar-refractivity contribution in [2.75, 3.05) is 4.90 Å². The Morgan fingerprint density at radius 1 is 0.906 bits per heavy atom. The van der Waals surface area contributed by atoms with Crippen LogP contribution in [-0.2, 0) is 16.2 Å². The molecule has 3 aromatic rings. The Labute approximate surface area is 203 Å². The van der Waals surface area contributed by atoms with Gasteiger partial charge in [0.05, 0.1) is 5.69 Å². The summed E-state index contributed by atoms with van der Waals surface area (Å²) in [6.07, 6.45) is 1.44. The standard InChI is InChI=1S/C24H16ClIN2O4/c25-17-5-9-19(10-6-17)28-23(30)21(22(29)27-24(28)31)13-15-3-11-20(12-4-15)32-14-16-1-7-18(26)8-2-16/h1-13H,14H2,(H,27,29,31)/b21-13+. The fourth-order valence-electron chi connectivity index (χ4n) is 3.06. The van der Waals surface area contributed by atoms with Gasteiger partial charge in [-0.1, -0.05) is 35.9 Å². The van der Waals surface area contributed by atoms with Gasteiger partial charge in [0.2, 0.25) is 0 Å². The maximum atomic E-state index is 12.9. The van der Waals surface area contributed by atoms with E-state index < -0.39 is 17.8 Å². The van der Waals surface area contributed by atoms with Gasteiger partial charge in [-0.3, -0.25) is 14.9 Å². The van der Waals surface area contributed by atoms with E-state index in [1.54, 1.807) is 36.4 Å². The number of carbonyl (C=O) groups excluding carboxylic acids is 3. The molecule has 0 saturated carbocycles. The maximum Gasteiger partial charge on any atom is 0.335 e. The number of urea groups is 1. The van der Waals surface area contributed by atoms with Gasteiger partial charge >= 0.3 is 6.03 Å². The number of benzene rings is 3. The van der Waals surface area contributed by atoms with Crippen molar-refractivity contribution in [2.45, 2.75) is 6.61 Å². The Hall–Kier alpha value is -3.17. The van der Waals surface area contributed by atoms with Crippen LogP contribution < -0.4 is 15.0 Å². The van der Waals surface area contributed by atoms with Crippen LogP contribution >= 0.6 is 34.2 Å². The summed E-state index contributed by atoms with van der Waals surface area (Å²) in [5.74, 6) is -0.799. The summed E-state index contributed by atoms with van der Waals surface area (Å²) < 4.78 is 6.94. The summed E-state index contributed by atoms with van der Waals surface area (Å²) in [5.41, 5.74) is 1.84. The Balaban J connectivity index is 1.50. The number of carbonyl (C=O) groups is 3. The predicted octanol–water partition coefficient (Wildman–Crippen LogP) is 5.19. The van der Waals surface area contributed by atoms with Crippen molar-refractivity contribution in [2.24, 2.45) is 0 Å². The number of imide groups is 2. The van der Waals surface area contributed by atoms with E-state index in [-0.39, 0.29) is 5.57 Å². The van der Waals surface area contributed by atoms with Crippen molar-refractivity contribution in [1.82, 2.24) is 5.32 Å². The molecule has 1 N–H and O–H groups in total. The highest BCUT2D eigenvalue weighted by atomic mass is 127. The molecule has 32 heavy (non-hydrogen) atoms. The summed E-state index contributed by atoms with van der Waals surface area (Å²) in [6.45, 7) is 0.427. The molecule has 4 amide bonds. The van der Waals surface area contributed by atoms with Crippen LogP contribution in [0.15, 0.2) is 78.4 Å². The minimum atomic E-state index is -0.807. The number of barbiturate groups is 1. The largest absolute Gasteiger partial charge is 0.489 e. The average Bonchev–Trinajstić information content (AvgIpc) is 2.78. The second-order valence-corrected chi connectivity index (χ2v) is 8.60. The van der Waals surface area contributed by atoms with Crippen molar-refractivity contribution in [3.63, 3.8) is 0 Å². The summed E-state index contributed by atoms with van der Waals surface area (Å²) >= 11 is 8.13. The zero-order valence-electron chi connectivity index (χ0n) is 16.5. The Bertz CT molecular complexity index is 1210. The Morgan fingerprint density at radius 2 is 1.56 bits per heavy atom. The number of anilines is 1. The first-order valence-electron chi connectivity index (χ1n) is 9.55. The van der Waals surface area contributed by atoms with E-state index in [4.69, 9.17) is 16.3 Å². The van der Waals surface area contributed by atoms with Gasteiger partial charge in [0.15, 0.2) is 0 Å². The number of rotatable bonds is 5. The number of nitrogens with one attached hydrogen (secondary N) is 1. The molecule has 1 fully saturated rings. The van der Waals surface area contributed by atoms with Crippen LogP contribution in [0.5, 0.6) is 5.75 Å². The lowest BCUT2D eigenvalue weighted by atomic mass is 10.1. The first-order chi connectivity index (χ1) is 15.4. The lowest BCUT2D eigenvalue weighted by molar-refractivity contribution is -0.122. The molecule has 1 saturated heterocycles. The molecule has 0 spiro atoms. The molecule has 0 aromatic heterocycles. The molecule has 0 radical (unpaired) electrons. The lowest BCUT2D eigenvalue weighted by Gasteiger charge is -2.26. The molecule has 0 bridgehead atoms. The Kier molecular flexibility index (Phi) is 6.57. The smallest absolute Gasteiger partial charge is 0.335 e. The van der Waals surface area contributed by atoms with E-state index in [2.05, 4.69) is 27.9 Å². The van der Waals surface area contributed by atoms with Gasteiger partial charge in [-0.15, -0.1) is 0 Å². The molecule has 0 aliphatic carbocycles. The normalized spacial score (nSPS) is 15.1. The third-order valence-electron chi connectivity index (χ3n) is 4.70. The van der Waals surface area contributed by atoms with Gasteiger partial charge in [-0.2, -0.15) is 0 Å². The van der Waals surface area contributed by atoms with Gasteiger partial charge in [0.25, 0.3) is 11.8 Å². The van der Waals surface area contributed by atoms with E-state index in [1.165, 1.54) is 18.2 Å². The van der Waals surface area contributed by atoms with Gasteiger partial charge in [0, 0.05) is 8.59 Å². The van der Waals surface area contributed by atoms with Gasteiger partial charge in [-0.05, 0) is 88.3 Å². The fraction of sp³-hybridized carbons (Fsp3) is 0.0417. The van der Waals surface area contributed by atoms with Crippen molar-refractivity contribution >= 4 is 63.8 Å². The summed E-state index contributed by atoms with van der Waals surface area (Å²) in [7, 11) is 0. The Morgan fingerprint density at radius 3 is 2.22 bits per heavy atom. The summed E-state index contributed by atoms with van der Waals surface area (Å²) in [4.78, 5) is 38.4. The highest BCUT2D eigenvalue weighted by Gasteiger charge is 2.36. The van der Waals surface area contributed by atoms with Crippen molar-refractivity contribution < 1.29 is 19.1 Å². The monoisotopic (exact) mass is 558 g/mol. The number of hydrogen-bond acceptors (Lipinski definition) is 4. The molecule has 0 atom stereocenters. The second-order valence-electron chi connectivity index (χ2n) is 6.92. The van der Waals surface area contributed by atoms with Crippen LogP contribution in [0.25, 0.3) is 6.08 Å². The molecule has 1 aliphatic rings. The number of nitrogens with zero attached hydrogens (tertiary/aromatic N) is 1. The quantitative estimate of drug-likeness (QED) is 0.266. The second kappa shape index (κ2) is 9.54. The summed E-state index contributed by atoms with van der Waals surface area (Å²) in [5, 5.41) is 2.67. The van der Waals surface area contributed by atoms with Gasteiger partial charge in [0.1, 0.15) is 17.9 Å². The minimum absolute atomic E-state index is 0.146. The van der Waals surface area contributed by atoms with E-state index in [0.717, 1.165) is 14.0 Å². The van der Waals surface area contributed by atoms with E-state index in [0.29, 0.717) is 28.6 Å². The van der Waals surface area contributed by atoms with E-state index >= 15 is 0 Å². The van der Waals surface area contributed by atoms with Gasteiger partial charge < -0.3 is 4.74 Å². The number of halogens is 2. The SMILES string of the molecule is O=C1NC(=O)N(c2ccc(Cl)cc2)C(=O)/C1=C/c1ccc(OCc2ccc(I)cc2)cc1. The van der Waals surface area contributed by atoms with Crippen molar-refractivity contribution in [3.05, 3.63) is 98.1 Å². The fourth-order valence-corrected chi connectivity index (χ4v) is 3.54. The predicted molar refractivity (Wildman–Crippen MR) is 130 cm³/mol. The van der Waals surface area contributed by atoms with Crippen LogP contribution in [-0.4, -0.2) is 17.8 Å². The molecule has 4 rings (SSSR count). The number of ether oxygens (including phenoxy) is 1. The average molecular weight is 559 g/mol. The van der Waals surface area contributed by atoms with E-state index in [1.807, 2.05) is 24.3 Å². The van der Waals surface area contributed by atoms with Crippen LogP contribution in [0.3, 0.4) is 0 Å². The van der Waals surface area contributed by atoms with Gasteiger partial charge in [-0.25, -0.2) is 9.69 Å². The maximum absolute atomic E-state index is 12.9. The highest BCUT2D eigenvalue weighted by molar-refractivity contribution is 14.1.